The first-order chi connectivity index (χ1) is 8.86. The molecule has 19 heavy (non-hydrogen) atoms. The van der Waals surface area contributed by atoms with Crippen molar-refractivity contribution >= 4 is 11.9 Å². The summed E-state index contributed by atoms with van der Waals surface area (Å²) in [4.78, 5) is 24.5. The van der Waals surface area contributed by atoms with E-state index in [2.05, 4.69) is 0 Å². The monoisotopic (exact) mass is 267 g/mol. The molecule has 0 bridgehead atoms. The molecule has 1 amide bonds. The van der Waals surface area contributed by atoms with E-state index in [4.69, 9.17) is 5.11 Å². The summed E-state index contributed by atoms with van der Waals surface area (Å²) in [5.41, 5.74) is 0.951. The van der Waals surface area contributed by atoms with Crippen molar-refractivity contribution in [3.8, 4) is 0 Å². The molecule has 5 heteroatoms. The topological polar surface area (TPSA) is 57.6 Å². The smallest absolute Gasteiger partial charge is 0.308 e. The molecule has 0 fully saturated rings. The molecule has 1 aromatic rings. The molecule has 1 unspecified atom stereocenters. The van der Waals surface area contributed by atoms with Gasteiger partial charge >= 0.3 is 5.97 Å². The standard InChI is InChI=1S/C14H18FNO3/c1-4-16(8-10(3)14(18)19)13(17)12-7-11(15)6-5-9(12)2/h5-7,10H,4,8H2,1-3H3,(H,18,19). The summed E-state index contributed by atoms with van der Waals surface area (Å²) in [6.45, 7) is 5.52. The van der Waals surface area contributed by atoms with Gasteiger partial charge in [-0.1, -0.05) is 13.0 Å². The van der Waals surface area contributed by atoms with Crippen LogP contribution >= 0.6 is 0 Å². The minimum absolute atomic E-state index is 0.112. The van der Waals surface area contributed by atoms with E-state index in [0.717, 1.165) is 0 Å². The van der Waals surface area contributed by atoms with Crippen molar-refractivity contribution in [3.05, 3.63) is 35.1 Å². The van der Waals surface area contributed by atoms with E-state index in [0.29, 0.717) is 12.1 Å². The molecule has 4 nitrogen and oxygen atoms in total. The van der Waals surface area contributed by atoms with Gasteiger partial charge < -0.3 is 10.0 Å². The van der Waals surface area contributed by atoms with E-state index in [1.54, 1.807) is 13.8 Å². The lowest BCUT2D eigenvalue weighted by Gasteiger charge is -2.23. The third kappa shape index (κ3) is 3.77. The maximum Gasteiger partial charge on any atom is 0.308 e. The molecule has 0 aliphatic carbocycles. The van der Waals surface area contributed by atoms with Crippen LogP contribution in [0.1, 0.15) is 29.8 Å². The van der Waals surface area contributed by atoms with E-state index >= 15 is 0 Å². The highest BCUT2D eigenvalue weighted by Gasteiger charge is 2.21. The Morgan fingerprint density at radius 3 is 2.58 bits per heavy atom. The van der Waals surface area contributed by atoms with E-state index < -0.39 is 17.7 Å². The van der Waals surface area contributed by atoms with Gasteiger partial charge in [0.1, 0.15) is 5.82 Å². The third-order valence-corrected chi connectivity index (χ3v) is 3.01. The molecule has 1 aromatic carbocycles. The second-order valence-electron chi connectivity index (χ2n) is 4.54. The van der Waals surface area contributed by atoms with Gasteiger partial charge in [-0.05, 0) is 31.5 Å². The van der Waals surface area contributed by atoms with Crippen molar-refractivity contribution in [2.75, 3.05) is 13.1 Å². The van der Waals surface area contributed by atoms with Crippen LogP contribution in [0, 0.1) is 18.7 Å². The Morgan fingerprint density at radius 1 is 1.42 bits per heavy atom. The predicted molar refractivity (Wildman–Crippen MR) is 69.5 cm³/mol. The number of carbonyl (C=O) groups excluding carboxylic acids is 1. The summed E-state index contributed by atoms with van der Waals surface area (Å²) >= 11 is 0. The summed E-state index contributed by atoms with van der Waals surface area (Å²) in [5, 5.41) is 8.88. The van der Waals surface area contributed by atoms with Crippen LogP contribution in [0.5, 0.6) is 0 Å². The summed E-state index contributed by atoms with van der Waals surface area (Å²) in [6, 6.07) is 4.02. The van der Waals surface area contributed by atoms with E-state index in [-0.39, 0.29) is 18.0 Å². The number of amides is 1. The van der Waals surface area contributed by atoms with Crippen LogP contribution in [-0.4, -0.2) is 35.0 Å². The molecule has 1 atom stereocenters. The summed E-state index contributed by atoms with van der Waals surface area (Å²) in [7, 11) is 0. The molecule has 104 valence electrons. The Kier molecular flexibility index (Phi) is 5.03. The first-order valence-corrected chi connectivity index (χ1v) is 6.15. The number of aryl methyl sites for hydroxylation is 1. The molecular weight excluding hydrogens is 249 g/mol. The fourth-order valence-corrected chi connectivity index (χ4v) is 1.76. The van der Waals surface area contributed by atoms with Crippen molar-refractivity contribution in [2.24, 2.45) is 5.92 Å². The van der Waals surface area contributed by atoms with Crippen LogP contribution in [0.25, 0.3) is 0 Å². The number of carboxylic acid groups (broad SMARTS) is 1. The van der Waals surface area contributed by atoms with Crippen LogP contribution in [-0.2, 0) is 4.79 Å². The lowest BCUT2D eigenvalue weighted by Crippen LogP contribution is -2.37. The molecule has 0 heterocycles. The minimum atomic E-state index is -0.956. The van der Waals surface area contributed by atoms with Crippen LogP contribution < -0.4 is 0 Å². The van der Waals surface area contributed by atoms with E-state index in [9.17, 15) is 14.0 Å². The third-order valence-electron chi connectivity index (χ3n) is 3.01. The molecule has 0 aromatic heterocycles. The number of carbonyl (C=O) groups is 2. The molecule has 1 N–H and O–H groups in total. The number of halogens is 1. The van der Waals surface area contributed by atoms with Gasteiger partial charge in [-0.2, -0.15) is 0 Å². The summed E-state index contributed by atoms with van der Waals surface area (Å²) in [5.74, 6) is -2.43. The van der Waals surface area contributed by atoms with E-state index in [1.807, 2.05) is 0 Å². The Morgan fingerprint density at radius 2 is 2.05 bits per heavy atom. The summed E-state index contributed by atoms with van der Waals surface area (Å²) in [6.07, 6.45) is 0. The van der Waals surface area contributed by atoms with Gasteiger partial charge in [-0.3, -0.25) is 9.59 Å². The van der Waals surface area contributed by atoms with Crippen LogP contribution in [0.3, 0.4) is 0 Å². The van der Waals surface area contributed by atoms with E-state index in [1.165, 1.54) is 30.0 Å². The highest BCUT2D eigenvalue weighted by molar-refractivity contribution is 5.95. The highest BCUT2D eigenvalue weighted by Crippen LogP contribution is 2.14. The van der Waals surface area contributed by atoms with Crippen LogP contribution in [0.2, 0.25) is 0 Å². The average Bonchev–Trinajstić information content (AvgIpc) is 2.37. The average molecular weight is 267 g/mol. The van der Waals surface area contributed by atoms with Gasteiger partial charge in [0.05, 0.1) is 5.92 Å². The minimum Gasteiger partial charge on any atom is -0.481 e. The normalized spacial score (nSPS) is 12.0. The van der Waals surface area contributed by atoms with Crippen molar-refractivity contribution in [2.45, 2.75) is 20.8 Å². The maximum atomic E-state index is 13.2. The second kappa shape index (κ2) is 6.31. The van der Waals surface area contributed by atoms with Crippen LogP contribution in [0.15, 0.2) is 18.2 Å². The fourth-order valence-electron chi connectivity index (χ4n) is 1.76. The van der Waals surface area contributed by atoms with Gasteiger partial charge in [0, 0.05) is 18.7 Å². The first-order valence-electron chi connectivity index (χ1n) is 6.15. The fraction of sp³-hybridized carbons (Fsp3) is 0.429. The number of aliphatic carboxylic acids is 1. The van der Waals surface area contributed by atoms with Gasteiger partial charge in [0.2, 0.25) is 0 Å². The lowest BCUT2D eigenvalue weighted by atomic mass is 10.1. The number of rotatable bonds is 5. The van der Waals surface area contributed by atoms with Gasteiger partial charge in [-0.15, -0.1) is 0 Å². The molecule has 0 radical (unpaired) electrons. The molecule has 1 rings (SSSR count). The van der Waals surface area contributed by atoms with Crippen molar-refractivity contribution in [1.29, 1.82) is 0 Å². The number of benzene rings is 1. The van der Waals surface area contributed by atoms with Crippen molar-refractivity contribution in [3.63, 3.8) is 0 Å². The second-order valence-corrected chi connectivity index (χ2v) is 4.54. The predicted octanol–water partition coefficient (Wildman–Crippen LogP) is 2.32. The zero-order valence-corrected chi connectivity index (χ0v) is 11.3. The molecule has 0 saturated heterocycles. The Labute approximate surface area is 111 Å². The Hall–Kier alpha value is -1.91. The molecule has 0 spiro atoms. The lowest BCUT2D eigenvalue weighted by molar-refractivity contribution is -0.141. The quantitative estimate of drug-likeness (QED) is 0.890. The first kappa shape index (κ1) is 15.1. The number of hydrogen-bond acceptors (Lipinski definition) is 2. The highest BCUT2D eigenvalue weighted by atomic mass is 19.1. The number of nitrogens with zero attached hydrogens (tertiary/aromatic N) is 1. The Bertz CT molecular complexity index is 488. The van der Waals surface area contributed by atoms with Gasteiger partial charge in [0.15, 0.2) is 0 Å². The molecular formula is C14H18FNO3. The molecule has 0 aliphatic rings. The number of hydrogen-bond donors (Lipinski definition) is 1. The SMILES string of the molecule is CCN(CC(C)C(=O)O)C(=O)c1cc(F)ccc1C. The summed E-state index contributed by atoms with van der Waals surface area (Å²) < 4.78 is 13.2. The van der Waals surface area contributed by atoms with Gasteiger partial charge in [0.25, 0.3) is 5.91 Å². The molecule has 0 aliphatic heterocycles. The largest absolute Gasteiger partial charge is 0.481 e. The zero-order valence-electron chi connectivity index (χ0n) is 11.3. The van der Waals surface area contributed by atoms with Crippen LogP contribution in [0.4, 0.5) is 4.39 Å². The zero-order chi connectivity index (χ0) is 14.6. The Balaban J connectivity index is 2.95. The maximum absolute atomic E-state index is 13.2. The van der Waals surface area contributed by atoms with Crippen molar-refractivity contribution in [1.82, 2.24) is 4.90 Å². The molecule has 0 saturated carbocycles. The van der Waals surface area contributed by atoms with Crippen molar-refractivity contribution < 1.29 is 19.1 Å². The van der Waals surface area contributed by atoms with Gasteiger partial charge in [-0.25, -0.2) is 4.39 Å². The number of carboxylic acids is 1.